The number of hydrogen-bond acceptors (Lipinski definition) is 6. The molecule has 3 aromatic carbocycles. The number of rotatable bonds is 9. The maximum atomic E-state index is 9.54. The molecule has 3 N–H and O–H groups in total. The van der Waals surface area contributed by atoms with Gasteiger partial charge in [0.1, 0.15) is 11.9 Å². The van der Waals surface area contributed by atoms with Crippen LogP contribution in [0.1, 0.15) is 27.7 Å². The van der Waals surface area contributed by atoms with E-state index in [4.69, 9.17) is 4.74 Å². The van der Waals surface area contributed by atoms with Gasteiger partial charge < -0.3 is 9.94 Å². The lowest BCUT2D eigenvalue weighted by molar-refractivity contribution is 0.109. The molecule has 0 aliphatic heterocycles. The number of hydroxylamine groups is 1. The predicted molar refractivity (Wildman–Crippen MR) is 140 cm³/mol. The molecule has 4 nitrogen and oxygen atoms in total. The number of nitrogens with one attached hydrogen (secondary N) is 2. The molecular formula is C27H26N2O2S2. The van der Waals surface area contributed by atoms with Crippen LogP contribution in [0.2, 0.25) is 0 Å². The van der Waals surface area contributed by atoms with Gasteiger partial charge in [0.2, 0.25) is 0 Å². The summed E-state index contributed by atoms with van der Waals surface area (Å²) >= 11 is 6.37. The minimum absolute atomic E-state index is 0.346. The maximum absolute atomic E-state index is 9.54. The zero-order valence-corrected chi connectivity index (χ0v) is 19.9. The summed E-state index contributed by atoms with van der Waals surface area (Å²) < 4.78 is 5.20. The Labute approximate surface area is 203 Å². The average Bonchev–Trinajstić information content (AvgIpc) is 3.25. The molecule has 0 spiro atoms. The van der Waals surface area contributed by atoms with Crippen LogP contribution in [-0.4, -0.2) is 12.3 Å². The Morgan fingerprint density at radius 1 is 0.939 bits per heavy atom. The van der Waals surface area contributed by atoms with E-state index in [2.05, 4.69) is 65.9 Å². The summed E-state index contributed by atoms with van der Waals surface area (Å²) in [5.74, 6) is 0.855. The molecule has 4 rings (SSSR count). The smallest absolute Gasteiger partial charge is 0.118 e. The number of hydrogen-bond donors (Lipinski definition) is 4. The lowest BCUT2D eigenvalue weighted by atomic mass is 10.1. The van der Waals surface area contributed by atoms with Crippen LogP contribution in [0.25, 0.3) is 22.6 Å². The summed E-state index contributed by atoms with van der Waals surface area (Å²) in [6.07, 6.45) is 3.85. The third kappa shape index (κ3) is 6.13. The minimum atomic E-state index is -0.346. The Kier molecular flexibility index (Phi) is 7.99. The third-order valence-electron chi connectivity index (χ3n) is 5.29. The van der Waals surface area contributed by atoms with Crippen LogP contribution in [0.15, 0.2) is 89.8 Å². The fourth-order valence-electron chi connectivity index (χ4n) is 3.43. The molecule has 1 atom stereocenters. The molecule has 4 aromatic rings. The summed E-state index contributed by atoms with van der Waals surface area (Å²) in [7, 11) is 1.67. The van der Waals surface area contributed by atoms with Crippen LogP contribution >= 0.6 is 24.0 Å². The molecule has 0 aliphatic carbocycles. The zero-order valence-electron chi connectivity index (χ0n) is 18.2. The van der Waals surface area contributed by atoms with E-state index in [1.165, 1.54) is 0 Å². The highest BCUT2D eigenvalue weighted by atomic mass is 32.1. The van der Waals surface area contributed by atoms with Crippen molar-refractivity contribution in [2.24, 2.45) is 0 Å². The second kappa shape index (κ2) is 11.3. The van der Waals surface area contributed by atoms with Gasteiger partial charge in [0.05, 0.1) is 7.11 Å². The van der Waals surface area contributed by atoms with Gasteiger partial charge in [-0.3, -0.25) is 5.32 Å². The fraction of sp³-hybridized carbons (Fsp3) is 0.111. The monoisotopic (exact) mass is 474 g/mol. The van der Waals surface area contributed by atoms with Crippen molar-refractivity contribution >= 4 is 36.1 Å². The summed E-state index contributed by atoms with van der Waals surface area (Å²) in [5, 5.41) is 12.9. The molecule has 6 heteroatoms. The lowest BCUT2D eigenvalue weighted by Gasteiger charge is -2.17. The summed E-state index contributed by atoms with van der Waals surface area (Å²) in [6.45, 7) is 0.597. The largest absolute Gasteiger partial charge is 0.497 e. The highest BCUT2D eigenvalue weighted by molar-refractivity contribution is 7.80. The standard InChI is InChI=1S/C27H26N2O2S2/c1-31-23-15-11-20(12-16-23)8-7-19-9-13-21(14-10-19)25-17-24(32)26(33-25)18-28-27(29-30)22-5-3-2-4-6-22/h2-17,27-30,32H,18H2,1H3/b8-7+. The number of ether oxygens (including phenoxy) is 1. The topological polar surface area (TPSA) is 53.5 Å². The first kappa shape index (κ1) is 23.3. The van der Waals surface area contributed by atoms with Crippen LogP contribution in [0.4, 0.5) is 0 Å². The second-order valence-electron chi connectivity index (χ2n) is 7.50. The molecule has 0 amide bonds. The van der Waals surface area contributed by atoms with Crippen molar-refractivity contribution in [2.45, 2.75) is 17.6 Å². The Hall–Kier alpha value is -2.87. The highest BCUT2D eigenvalue weighted by Gasteiger charge is 2.12. The number of benzene rings is 3. The first-order valence-electron chi connectivity index (χ1n) is 10.6. The van der Waals surface area contributed by atoms with Crippen LogP contribution in [0.5, 0.6) is 5.75 Å². The summed E-state index contributed by atoms with van der Waals surface area (Å²) in [6, 6.07) is 28.4. The van der Waals surface area contributed by atoms with E-state index < -0.39 is 0 Å². The first-order valence-corrected chi connectivity index (χ1v) is 11.8. The van der Waals surface area contributed by atoms with Crippen LogP contribution in [-0.2, 0) is 6.54 Å². The van der Waals surface area contributed by atoms with Gasteiger partial charge in [-0.2, -0.15) is 5.48 Å². The molecule has 168 valence electrons. The minimum Gasteiger partial charge on any atom is -0.497 e. The SMILES string of the molecule is COc1ccc(/C=C/c2ccc(-c3cc(S)c(CNC(NO)c4ccccc4)s3)cc2)cc1. The van der Waals surface area contributed by atoms with Crippen molar-refractivity contribution < 1.29 is 9.94 Å². The molecule has 0 bridgehead atoms. The molecule has 0 fully saturated rings. The molecule has 1 aromatic heterocycles. The van der Waals surface area contributed by atoms with Gasteiger partial charge in [-0.25, -0.2) is 0 Å². The van der Waals surface area contributed by atoms with Gasteiger partial charge in [0.15, 0.2) is 0 Å². The van der Waals surface area contributed by atoms with Crippen molar-refractivity contribution in [2.75, 3.05) is 7.11 Å². The Morgan fingerprint density at radius 2 is 1.58 bits per heavy atom. The molecule has 0 aliphatic rings. The van der Waals surface area contributed by atoms with Crippen LogP contribution in [0, 0.1) is 0 Å². The molecular weight excluding hydrogens is 448 g/mol. The van der Waals surface area contributed by atoms with Gasteiger partial charge >= 0.3 is 0 Å². The van der Waals surface area contributed by atoms with Gasteiger partial charge in [0, 0.05) is 21.2 Å². The summed E-state index contributed by atoms with van der Waals surface area (Å²) in [4.78, 5) is 3.22. The van der Waals surface area contributed by atoms with Gasteiger partial charge in [-0.15, -0.1) is 24.0 Å². The van der Waals surface area contributed by atoms with Gasteiger partial charge in [-0.05, 0) is 40.5 Å². The van der Waals surface area contributed by atoms with Crippen LogP contribution in [0.3, 0.4) is 0 Å². The fourth-order valence-corrected chi connectivity index (χ4v) is 4.88. The van der Waals surface area contributed by atoms with Crippen molar-refractivity contribution in [3.8, 4) is 16.2 Å². The predicted octanol–water partition coefficient (Wildman–Crippen LogP) is 6.65. The van der Waals surface area contributed by atoms with Crippen molar-refractivity contribution in [3.05, 3.63) is 106 Å². The Balaban J connectivity index is 1.41. The maximum Gasteiger partial charge on any atom is 0.118 e. The van der Waals surface area contributed by atoms with E-state index in [-0.39, 0.29) is 6.17 Å². The molecule has 1 unspecified atom stereocenters. The third-order valence-corrected chi connectivity index (χ3v) is 7.03. The zero-order chi connectivity index (χ0) is 23.0. The van der Waals surface area contributed by atoms with Gasteiger partial charge in [0.25, 0.3) is 0 Å². The van der Waals surface area contributed by atoms with Crippen LogP contribution < -0.4 is 15.5 Å². The molecule has 1 heterocycles. The van der Waals surface area contributed by atoms with E-state index in [1.807, 2.05) is 54.6 Å². The van der Waals surface area contributed by atoms with E-state index in [0.29, 0.717) is 6.54 Å². The van der Waals surface area contributed by atoms with E-state index in [1.54, 1.807) is 18.4 Å². The van der Waals surface area contributed by atoms with Crippen molar-refractivity contribution in [1.29, 1.82) is 0 Å². The Bertz CT molecular complexity index is 1190. The first-order chi connectivity index (χ1) is 16.2. The summed E-state index contributed by atoms with van der Waals surface area (Å²) in [5.41, 5.74) is 6.73. The van der Waals surface area contributed by atoms with Crippen molar-refractivity contribution in [3.63, 3.8) is 0 Å². The lowest BCUT2D eigenvalue weighted by Crippen LogP contribution is -2.31. The second-order valence-corrected chi connectivity index (χ2v) is 9.12. The van der Waals surface area contributed by atoms with E-state index in [0.717, 1.165) is 42.7 Å². The molecule has 33 heavy (non-hydrogen) atoms. The number of thiol groups is 1. The number of thiophene rings is 1. The highest BCUT2D eigenvalue weighted by Crippen LogP contribution is 2.34. The van der Waals surface area contributed by atoms with Gasteiger partial charge in [-0.1, -0.05) is 78.9 Å². The quantitative estimate of drug-likeness (QED) is 0.0949. The van der Waals surface area contributed by atoms with Crippen molar-refractivity contribution in [1.82, 2.24) is 10.8 Å². The normalized spacial score (nSPS) is 12.2. The average molecular weight is 475 g/mol. The molecule has 0 saturated carbocycles. The van der Waals surface area contributed by atoms with E-state index >= 15 is 0 Å². The molecule has 0 radical (unpaired) electrons. The molecule has 0 saturated heterocycles. The number of methoxy groups -OCH3 is 1. The Morgan fingerprint density at radius 3 is 2.18 bits per heavy atom. The van der Waals surface area contributed by atoms with E-state index in [9.17, 15) is 5.21 Å².